The molecule has 1 saturated heterocycles. The highest BCUT2D eigenvalue weighted by atomic mass is 31.2. The molecule has 1 aliphatic rings. The Bertz CT molecular complexity index is 268. The number of hydrogen-bond donors (Lipinski definition) is 0. The topological polar surface area (TPSA) is 26.3 Å². The molecular weight excluding hydrogens is 185 g/mol. The van der Waals surface area contributed by atoms with Crippen LogP contribution in [0.2, 0.25) is 0 Å². The van der Waals surface area contributed by atoms with Crippen LogP contribution >= 0.6 is 7.37 Å². The second-order valence-corrected chi connectivity index (χ2v) is 5.45. The molecule has 0 radical (unpaired) electrons. The normalized spacial score (nSPS) is 40.6. The molecule has 0 aliphatic carbocycles. The molecule has 0 aromatic heterocycles. The highest BCUT2D eigenvalue weighted by Gasteiger charge is 2.41. The summed E-state index contributed by atoms with van der Waals surface area (Å²) in [6.45, 7) is 0. The van der Waals surface area contributed by atoms with E-state index in [0.717, 1.165) is 6.17 Å². The average Bonchev–Trinajstić information content (AvgIpc) is 2.30. The SMILES string of the molecule is COP1(=O)CC(F)C(C#CF)C1. The number of hydrogen-bond acceptors (Lipinski definition) is 2. The maximum absolute atomic E-state index is 12.9. The minimum Gasteiger partial charge on any atom is -0.332 e. The van der Waals surface area contributed by atoms with Crippen molar-refractivity contribution in [2.75, 3.05) is 19.4 Å². The molecule has 3 unspecified atom stereocenters. The van der Waals surface area contributed by atoms with E-state index >= 15 is 0 Å². The van der Waals surface area contributed by atoms with Crippen LogP contribution in [0.15, 0.2) is 0 Å². The van der Waals surface area contributed by atoms with Crippen LogP contribution in [0.5, 0.6) is 0 Å². The van der Waals surface area contributed by atoms with Crippen LogP contribution in [0.4, 0.5) is 8.78 Å². The summed E-state index contributed by atoms with van der Waals surface area (Å²) in [6.07, 6.45) is -0.292. The fourth-order valence-corrected chi connectivity index (χ4v) is 3.39. The van der Waals surface area contributed by atoms with Crippen molar-refractivity contribution in [1.29, 1.82) is 0 Å². The van der Waals surface area contributed by atoms with Crippen molar-refractivity contribution >= 4 is 7.37 Å². The van der Waals surface area contributed by atoms with Crippen LogP contribution in [-0.2, 0) is 9.09 Å². The lowest BCUT2D eigenvalue weighted by Crippen LogP contribution is -2.09. The summed E-state index contributed by atoms with van der Waals surface area (Å²) in [6, 6.07) is 0. The van der Waals surface area contributed by atoms with Gasteiger partial charge in [0.1, 0.15) is 12.3 Å². The van der Waals surface area contributed by atoms with Gasteiger partial charge in [-0.05, 0) is 0 Å². The van der Waals surface area contributed by atoms with Gasteiger partial charge in [0, 0.05) is 13.3 Å². The van der Waals surface area contributed by atoms with Crippen LogP contribution < -0.4 is 0 Å². The van der Waals surface area contributed by atoms with Crippen molar-refractivity contribution in [2.24, 2.45) is 5.92 Å². The zero-order chi connectivity index (χ0) is 9.19. The predicted molar refractivity (Wildman–Crippen MR) is 41.6 cm³/mol. The zero-order valence-electron chi connectivity index (χ0n) is 6.59. The first-order chi connectivity index (χ1) is 5.61. The lowest BCUT2D eigenvalue weighted by Gasteiger charge is -2.05. The summed E-state index contributed by atoms with van der Waals surface area (Å²) in [5.74, 6) is 1.28. The summed E-state index contributed by atoms with van der Waals surface area (Å²) in [4.78, 5) is 0. The monoisotopic (exact) mass is 194 g/mol. The second kappa shape index (κ2) is 3.55. The Hall–Kier alpha value is -0.390. The molecule has 0 spiro atoms. The van der Waals surface area contributed by atoms with Crippen molar-refractivity contribution in [3.05, 3.63) is 0 Å². The van der Waals surface area contributed by atoms with Gasteiger partial charge in [0.25, 0.3) is 0 Å². The predicted octanol–water partition coefficient (Wildman–Crippen LogP) is 1.81. The van der Waals surface area contributed by atoms with E-state index in [1.807, 2.05) is 5.92 Å². The fourth-order valence-electron chi connectivity index (χ4n) is 1.24. The maximum atomic E-state index is 12.9. The first-order valence-corrected chi connectivity index (χ1v) is 5.50. The van der Waals surface area contributed by atoms with E-state index in [2.05, 4.69) is 4.52 Å². The van der Waals surface area contributed by atoms with Crippen LogP contribution in [0, 0.1) is 18.0 Å². The molecule has 0 N–H and O–H groups in total. The van der Waals surface area contributed by atoms with Crippen LogP contribution in [0.3, 0.4) is 0 Å². The number of alkyl halides is 1. The van der Waals surface area contributed by atoms with Gasteiger partial charge in [-0.3, -0.25) is 4.57 Å². The van der Waals surface area contributed by atoms with Crippen molar-refractivity contribution in [3.8, 4) is 12.1 Å². The van der Waals surface area contributed by atoms with Crippen molar-refractivity contribution < 1.29 is 17.9 Å². The van der Waals surface area contributed by atoms with Gasteiger partial charge in [0.05, 0.1) is 12.1 Å². The van der Waals surface area contributed by atoms with Gasteiger partial charge in [-0.15, -0.1) is 4.39 Å². The van der Waals surface area contributed by atoms with E-state index in [1.165, 1.54) is 7.11 Å². The third kappa shape index (κ3) is 1.85. The molecule has 0 amide bonds. The molecule has 0 aromatic carbocycles. The van der Waals surface area contributed by atoms with Gasteiger partial charge in [-0.25, -0.2) is 4.39 Å². The smallest absolute Gasteiger partial charge is 0.207 e. The van der Waals surface area contributed by atoms with E-state index in [-0.39, 0.29) is 12.3 Å². The van der Waals surface area contributed by atoms with Gasteiger partial charge < -0.3 is 4.52 Å². The Kier molecular flexibility index (Phi) is 2.87. The van der Waals surface area contributed by atoms with Gasteiger partial charge >= 0.3 is 0 Å². The molecule has 0 saturated carbocycles. The van der Waals surface area contributed by atoms with Gasteiger partial charge in [-0.2, -0.15) is 0 Å². The highest BCUT2D eigenvalue weighted by Crippen LogP contribution is 2.55. The van der Waals surface area contributed by atoms with Gasteiger partial charge in [0.2, 0.25) is 7.37 Å². The first-order valence-electron chi connectivity index (χ1n) is 3.50. The van der Waals surface area contributed by atoms with E-state index in [9.17, 15) is 13.3 Å². The molecule has 1 heterocycles. The quantitative estimate of drug-likeness (QED) is 0.470. The lowest BCUT2D eigenvalue weighted by atomic mass is 10.1. The minimum absolute atomic E-state index is 0.0294. The summed E-state index contributed by atoms with van der Waals surface area (Å²) >= 11 is 0. The second-order valence-electron chi connectivity index (χ2n) is 2.72. The fraction of sp³-hybridized carbons (Fsp3) is 0.714. The lowest BCUT2D eigenvalue weighted by molar-refractivity contribution is 0.324. The van der Waals surface area contributed by atoms with E-state index in [0.29, 0.717) is 0 Å². The number of halogens is 2. The van der Waals surface area contributed by atoms with E-state index in [4.69, 9.17) is 0 Å². The molecule has 3 atom stereocenters. The molecule has 68 valence electrons. The molecule has 1 rings (SSSR count). The average molecular weight is 194 g/mol. The molecule has 2 nitrogen and oxygen atoms in total. The first kappa shape index (κ1) is 9.70. The van der Waals surface area contributed by atoms with Crippen LogP contribution in [-0.4, -0.2) is 25.6 Å². The molecular formula is C7H9F2O2P. The number of rotatable bonds is 1. The van der Waals surface area contributed by atoms with Crippen molar-refractivity contribution in [2.45, 2.75) is 6.17 Å². The minimum atomic E-state index is -2.84. The molecule has 1 fully saturated rings. The highest BCUT2D eigenvalue weighted by molar-refractivity contribution is 7.59. The van der Waals surface area contributed by atoms with E-state index < -0.39 is 19.5 Å². The summed E-state index contributed by atoms with van der Waals surface area (Å²) in [5.41, 5.74) is 0. The molecule has 12 heavy (non-hydrogen) atoms. The van der Waals surface area contributed by atoms with Crippen LogP contribution in [0.1, 0.15) is 0 Å². The van der Waals surface area contributed by atoms with Crippen LogP contribution in [0.25, 0.3) is 0 Å². The largest absolute Gasteiger partial charge is 0.332 e. The summed E-state index contributed by atoms with van der Waals surface area (Å²) in [7, 11) is -1.56. The Morgan fingerprint density at radius 3 is 2.67 bits per heavy atom. The van der Waals surface area contributed by atoms with Gasteiger partial charge in [-0.1, -0.05) is 5.92 Å². The Morgan fingerprint density at radius 2 is 2.25 bits per heavy atom. The third-order valence-electron chi connectivity index (χ3n) is 1.94. The summed E-state index contributed by atoms with van der Waals surface area (Å²) in [5, 5.41) is 0. The third-order valence-corrected chi connectivity index (χ3v) is 4.46. The van der Waals surface area contributed by atoms with E-state index in [1.54, 1.807) is 0 Å². The maximum Gasteiger partial charge on any atom is 0.207 e. The van der Waals surface area contributed by atoms with Crippen molar-refractivity contribution in [1.82, 2.24) is 0 Å². The Labute approximate surface area is 69.7 Å². The molecule has 0 bridgehead atoms. The molecule has 5 heteroatoms. The summed E-state index contributed by atoms with van der Waals surface area (Å²) < 4.78 is 40.5. The molecule has 0 aromatic rings. The molecule has 1 aliphatic heterocycles. The zero-order valence-corrected chi connectivity index (χ0v) is 7.48. The Balaban J connectivity index is 2.72. The Morgan fingerprint density at radius 1 is 1.58 bits per heavy atom. The van der Waals surface area contributed by atoms with Gasteiger partial charge in [0.15, 0.2) is 0 Å². The van der Waals surface area contributed by atoms with Crippen molar-refractivity contribution in [3.63, 3.8) is 0 Å². The standard InChI is InChI=1S/C7H9F2O2P/c1-11-12(10)4-6(2-3-8)7(9)5-12/h6-7H,4-5H2,1H3.